The molecule has 0 spiro atoms. The van der Waals surface area contributed by atoms with Gasteiger partial charge in [0.25, 0.3) is 5.22 Å². The van der Waals surface area contributed by atoms with E-state index in [2.05, 4.69) is 15.5 Å². The third-order valence-corrected chi connectivity index (χ3v) is 5.74. The Morgan fingerprint density at radius 3 is 2.53 bits per heavy atom. The molecule has 0 radical (unpaired) electrons. The molecule has 34 heavy (non-hydrogen) atoms. The Kier molecular flexibility index (Phi) is 7.61. The molecule has 0 atom stereocenters. The minimum atomic E-state index is -0.324. The Balaban J connectivity index is 1.40. The fourth-order valence-corrected chi connectivity index (χ4v) is 3.85. The molecule has 4 aromatic rings. The number of hydrogen-bond donors (Lipinski definition) is 1. The van der Waals surface area contributed by atoms with Gasteiger partial charge in [0.05, 0.1) is 18.0 Å². The number of hydrogen-bond acceptors (Lipinski definition) is 7. The topological polar surface area (TPSA) is 94.3 Å². The van der Waals surface area contributed by atoms with Gasteiger partial charge in [0.1, 0.15) is 5.75 Å². The van der Waals surface area contributed by atoms with Crippen molar-refractivity contribution in [1.82, 2.24) is 10.2 Å². The Bertz CT molecular complexity index is 1290. The number of benzene rings is 3. The number of carbonyl (C=O) groups is 2. The lowest BCUT2D eigenvalue weighted by Gasteiger charge is -2.11. The van der Waals surface area contributed by atoms with Crippen molar-refractivity contribution in [2.75, 3.05) is 17.7 Å². The number of aromatic nitrogens is 2. The fraction of sp³-hybridized carbons (Fsp3) is 0.120. The van der Waals surface area contributed by atoms with Crippen LogP contribution in [0, 0.1) is 0 Å². The van der Waals surface area contributed by atoms with E-state index in [-0.39, 0.29) is 22.7 Å². The first-order valence-electron chi connectivity index (χ1n) is 10.4. The molecule has 1 amide bonds. The molecule has 1 N–H and O–H groups in total. The Hall–Kier alpha value is -3.62. The Morgan fingerprint density at radius 1 is 1.03 bits per heavy atom. The van der Waals surface area contributed by atoms with Crippen molar-refractivity contribution in [1.29, 1.82) is 0 Å². The van der Waals surface area contributed by atoms with Crippen LogP contribution in [0.15, 0.2) is 82.4 Å². The van der Waals surface area contributed by atoms with Gasteiger partial charge < -0.3 is 14.5 Å². The summed E-state index contributed by atoms with van der Waals surface area (Å²) >= 11 is 7.20. The van der Waals surface area contributed by atoms with E-state index in [9.17, 15) is 9.59 Å². The van der Waals surface area contributed by atoms with Gasteiger partial charge in [-0.2, -0.15) is 0 Å². The SMILES string of the molecule is CCOc1ccc(-c2nnc(SCC(=O)Nc3ccc(Cl)cc3C(=O)c3ccccc3)o2)cc1. The second-order valence-corrected chi connectivity index (χ2v) is 8.42. The molecule has 0 saturated carbocycles. The van der Waals surface area contributed by atoms with Gasteiger partial charge in [0, 0.05) is 21.7 Å². The van der Waals surface area contributed by atoms with Crippen molar-refractivity contribution in [2.24, 2.45) is 0 Å². The summed E-state index contributed by atoms with van der Waals surface area (Å²) in [5.74, 6) is 0.564. The van der Waals surface area contributed by atoms with Crippen molar-refractivity contribution >= 4 is 40.7 Å². The van der Waals surface area contributed by atoms with Crippen LogP contribution >= 0.6 is 23.4 Å². The molecule has 0 fully saturated rings. The second kappa shape index (κ2) is 11.0. The molecule has 1 aromatic heterocycles. The number of amides is 1. The first kappa shape index (κ1) is 23.5. The molecule has 172 valence electrons. The Morgan fingerprint density at radius 2 is 1.79 bits per heavy atom. The summed E-state index contributed by atoms with van der Waals surface area (Å²) in [7, 11) is 0. The number of nitrogens with one attached hydrogen (secondary N) is 1. The van der Waals surface area contributed by atoms with Gasteiger partial charge in [-0.05, 0) is 49.4 Å². The molecule has 4 rings (SSSR count). The fourth-order valence-electron chi connectivity index (χ4n) is 3.12. The number of thioether (sulfide) groups is 1. The van der Waals surface area contributed by atoms with Gasteiger partial charge in [0.2, 0.25) is 11.8 Å². The minimum Gasteiger partial charge on any atom is -0.494 e. The number of carbonyl (C=O) groups excluding carboxylic acids is 2. The van der Waals surface area contributed by atoms with E-state index in [1.165, 1.54) is 0 Å². The number of nitrogens with zero attached hydrogens (tertiary/aromatic N) is 2. The highest BCUT2D eigenvalue weighted by Crippen LogP contribution is 2.27. The highest BCUT2D eigenvalue weighted by Gasteiger charge is 2.17. The monoisotopic (exact) mass is 493 g/mol. The van der Waals surface area contributed by atoms with E-state index in [1.807, 2.05) is 37.3 Å². The Labute approximate surface area is 205 Å². The molecule has 0 bridgehead atoms. The lowest BCUT2D eigenvalue weighted by atomic mass is 10.0. The summed E-state index contributed by atoms with van der Waals surface area (Å²) < 4.78 is 11.1. The largest absolute Gasteiger partial charge is 0.494 e. The molecule has 0 aliphatic carbocycles. The molecular formula is C25H20ClN3O4S. The maximum Gasteiger partial charge on any atom is 0.277 e. The van der Waals surface area contributed by atoms with Gasteiger partial charge in [-0.3, -0.25) is 9.59 Å². The van der Waals surface area contributed by atoms with Gasteiger partial charge in [-0.15, -0.1) is 10.2 Å². The molecule has 1 heterocycles. The average Bonchev–Trinajstić information content (AvgIpc) is 3.34. The van der Waals surface area contributed by atoms with Gasteiger partial charge in [-0.25, -0.2) is 0 Å². The zero-order valence-corrected chi connectivity index (χ0v) is 19.7. The summed E-state index contributed by atoms with van der Waals surface area (Å²) in [5.41, 5.74) is 1.94. The lowest BCUT2D eigenvalue weighted by Crippen LogP contribution is -2.17. The maximum atomic E-state index is 12.9. The number of ether oxygens (including phenoxy) is 1. The van der Waals surface area contributed by atoms with E-state index >= 15 is 0 Å². The first-order chi connectivity index (χ1) is 16.5. The zero-order valence-electron chi connectivity index (χ0n) is 18.2. The predicted octanol–water partition coefficient (Wildman–Crippen LogP) is 5.75. The summed E-state index contributed by atoms with van der Waals surface area (Å²) in [6.07, 6.45) is 0. The molecule has 0 aliphatic heterocycles. The van der Waals surface area contributed by atoms with E-state index < -0.39 is 0 Å². The molecule has 0 aliphatic rings. The molecule has 3 aromatic carbocycles. The minimum absolute atomic E-state index is 0.0203. The van der Waals surface area contributed by atoms with Crippen LogP contribution in [0.4, 0.5) is 5.69 Å². The predicted molar refractivity (Wildman–Crippen MR) is 132 cm³/mol. The van der Waals surface area contributed by atoms with Gasteiger partial charge in [-0.1, -0.05) is 53.7 Å². The molecule has 0 saturated heterocycles. The number of rotatable bonds is 9. The summed E-state index contributed by atoms with van der Waals surface area (Å²) in [5, 5.41) is 11.5. The van der Waals surface area contributed by atoms with Crippen LogP contribution in [-0.4, -0.2) is 34.2 Å². The van der Waals surface area contributed by atoms with E-state index in [1.54, 1.807) is 42.5 Å². The van der Waals surface area contributed by atoms with E-state index in [0.717, 1.165) is 23.1 Å². The van der Waals surface area contributed by atoms with Crippen molar-refractivity contribution in [2.45, 2.75) is 12.1 Å². The van der Waals surface area contributed by atoms with Crippen LogP contribution < -0.4 is 10.1 Å². The average molecular weight is 494 g/mol. The maximum absolute atomic E-state index is 12.9. The van der Waals surface area contributed by atoms with E-state index in [4.69, 9.17) is 20.8 Å². The van der Waals surface area contributed by atoms with Crippen LogP contribution in [0.2, 0.25) is 5.02 Å². The quantitative estimate of drug-likeness (QED) is 0.234. The summed E-state index contributed by atoms with van der Waals surface area (Å²) in [6, 6.07) is 20.9. The van der Waals surface area contributed by atoms with Crippen molar-refractivity contribution < 1.29 is 18.7 Å². The van der Waals surface area contributed by atoms with E-state index in [0.29, 0.717) is 34.3 Å². The molecular weight excluding hydrogens is 474 g/mol. The third-order valence-electron chi connectivity index (χ3n) is 4.68. The highest BCUT2D eigenvalue weighted by atomic mass is 35.5. The molecule has 9 heteroatoms. The molecule has 0 unspecified atom stereocenters. The number of ketones is 1. The van der Waals surface area contributed by atoms with Crippen LogP contribution in [0.1, 0.15) is 22.8 Å². The highest BCUT2D eigenvalue weighted by molar-refractivity contribution is 7.99. The lowest BCUT2D eigenvalue weighted by molar-refractivity contribution is -0.113. The van der Waals surface area contributed by atoms with Crippen LogP contribution in [0.5, 0.6) is 5.75 Å². The van der Waals surface area contributed by atoms with Crippen molar-refractivity contribution in [3.8, 4) is 17.2 Å². The standard InChI is InChI=1S/C25H20ClN3O4S/c1-2-32-19-11-8-17(9-12-19)24-28-29-25(33-24)34-15-22(30)27-21-13-10-18(26)14-20(21)23(31)16-6-4-3-5-7-16/h3-14H,2,15H2,1H3,(H,27,30). The van der Waals surface area contributed by atoms with Crippen molar-refractivity contribution in [3.05, 3.63) is 88.9 Å². The zero-order chi connectivity index (χ0) is 23.9. The number of anilines is 1. The van der Waals surface area contributed by atoms with Crippen LogP contribution in [-0.2, 0) is 4.79 Å². The second-order valence-electron chi connectivity index (χ2n) is 7.05. The normalized spacial score (nSPS) is 10.6. The van der Waals surface area contributed by atoms with Gasteiger partial charge in [0.15, 0.2) is 5.78 Å². The number of halogens is 1. The van der Waals surface area contributed by atoms with Crippen LogP contribution in [0.3, 0.4) is 0 Å². The van der Waals surface area contributed by atoms with Crippen LogP contribution in [0.25, 0.3) is 11.5 Å². The first-order valence-corrected chi connectivity index (χ1v) is 11.8. The molecule has 7 nitrogen and oxygen atoms in total. The third kappa shape index (κ3) is 5.84. The van der Waals surface area contributed by atoms with Gasteiger partial charge >= 0.3 is 0 Å². The summed E-state index contributed by atoms with van der Waals surface area (Å²) in [4.78, 5) is 25.5. The van der Waals surface area contributed by atoms with Crippen molar-refractivity contribution in [3.63, 3.8) is 0 Å². The smallest absolute Gasteiger partial charge is 0.277 e. The summed E-state index contributed by atoms with van der Waals surface area (Å²) in [6.45, 7) is 2.50.